The zero-order chi connectivity index (χ0) is 18.9. The number of carbonyl (C=O) groups is 1. The maximum absolute atomic E-state index is 14.0. The van der Waals surface area contributed by atoms with E-state index in [1.165, 1.54) is 18.5 Å². The molecule has 0 saturated carbocycles. The Morgan fingerprint density at radius 1 is 1.00 bits per heavy atom. The number of benzene rings is 1. The molecule has 0 fully saturated rings. The van der Waals surface area contributed by atoms with E-state index in [-0.39, 0.29) is 17.2 Å². The lowest BCUT2D eigenvalue weighted by molar-refractivity contribution is 0.0683. The highest BCUT2D eigenvalue weighted by molar-refractivity contribution is 5.83. The highest BCUT2D eigenvalue weighted by Gasteiger charge is 2.28. The third-order valence-corrected chi connectivity index (χ3v) is 3.96. The van der Waals surface area contributed by atoms with Crippen molar-refractivity contribution in [2.24, 2.45) is 0 Å². The molecular weight excluding hydrogens is 342 g/mol. The smallest absolute Gasteiger partial charge is 0.373 e. The SMILES string of the molecule is CC(C)(c1ccnc(C(=O)O)n1)c1ccnc(-c2ccc(F)cc2F)n1. The van der Waals surface area contributed by atoms with Crippen LogP contribution in [0.3, 0.4) is 0 Å². The summed E-state index contributed by atoms with van der Waals surface area (Å²) in [5, 5.41) is 9.07. The van der Waals surface area contributed by atoms with Crippen LogP contribution >= 0.6 is 0 Å². The van der Waals surface area contributed by atoms with Gasteiger partial charge in [-0.15, -0.1) is 0 Å². The average Bonchev–Trinajstić information content (AvgIpc) is 2.62. The number of aromatic nitrogens is 4. The van der Waals surface area contributed by atoms with E-state index in [1.807, 2.05) is 0 Å². The Balaban J connectivity index is 2.06. The van der Waals surface area contributed by atoms with E-state index in [9.17, 15) is 13.6 Å². The zero-order valence-corrected chi connectivity index (χ0v) is 13.9. The number of hydrogen-bond donors (Lipinski definition) is 1. The maximum atomic E-state index is 14.0. The van der Waals surface area contributed by atoms with Crippen LogP contribution in [0, 0.1) is 11.6 Å². The second kappa shape index (κ2) is 6.55. The first-order valence-corrected chi connectivity index (χ1v) is 7.65. The predicted molar refractivity (Wildman–Crippen MR) is 88.5 cm³/mol. The average molecular weight is 356 g/mol. The van der Waals surface area contributed by atoms with E-state index in [4.69, 9.17) is 5.11 Å². The molecule has 26 heavy (non-hydrogen) atoms. The van der Waals surface area contributed by atoms with Crippen molar-refractivity contribution in [3.8, 4) is 11.4 Å². The molecule has 3 aromatic rings. The predicted octanol–water partition coefficient (Wildman–Crippen LogP) is 3.24. The van der Waals surface area contributed by atoms with Crippen LogP contribution in [0.15, 0.2) is 42.7 Å². The molecule has 1 N–H and O–H groups in total. The van der Waals surface area contributed by atoms with Crippen molar-refractivity contribution in [3.05, 3.63) is 71.6 Å². The quantitative estimate of drug-likeness (QED) is 0.772. The number of carboxylic acid groups (broad SMARTS) is 1. The van der Waals surface area contributed by atoms with E-state index >= 15 is 0 Å². The normalized spacial score (nSPS) is 11.4. The van der Waals surface area contributed by atoms with Crippen LogP contribution in [0.5, 0.6) is 0 Å². The van der Waals surface area contributed by atoms with Gasteiger partial charge >= 0.3 is 5.97 Å². The van der Waals surface area contributed by atoms with Gasteiger partial charge in [-0.25, -0.2) is 33.5 Å². The van der Waals surface area contributed by atoms with Crippen LogP contribution in [0.25, 0.3) is 11.4 Å². The molecule has 132 valence electrons. The number of rotatable bonds is 4. The number of hydrogen-bond acceptors (Lipinski definition) is 5. The van der Waals surface area contributed by atoms with Gasteiger partial charge in [-0.1, -0.05) is 0 Å². The minimum Gasteiger partial charge on any atom is -0.475 e. The fourth-order valence-corrected chi connectivity index (χ4v) is 2.45. The molecule has 0 unspecified atom stereocenters. The summed E-state index contributed by atoms with van der Waals surface area (Å²) in [7, 11) is 0. The first kappa shape index (κ1) is 17.5. The summed E-state index contributed by atoms with van der Waals surface area (Å²) in [4.78, 5) is 27.3. The summed E-state index contributed by atoms with van der Waals surface area (Å²) in [5.74, 6) is -2.92. The van der Waals surface area contributed by atoms with Crippen LogP contribution < -0.4 is 0 Å². The third-order valence-electron chi connectivity index (χ3n) is 3.96. The van der Waals surface area contributed by atoms with Crippen molar-refractivity contribution in [2.75, 3.05) is 0 Å². The van der Waals surface area contributed by atoms with E-state index in [0.29, 0.717) is 11.4 Å². The van der Waals surface area contributed by atoms with Gasteiger partial charge in [0.15, 0.2) is 5.82 Å². The zero-order valence-electron chi connectivity index (χ0n) is 13.9. The van der Waals surface area contributed by atoms with Crippen LogP contribution in [0.4, 0.5) is 8.78 Å². The molecule has 0 aliphatic carbocycles. The second-order valence-electron chi connectivity index (χ2n) is 6.09. The summed E-state index contributed by atoms with van der Waals surface area (Å²) in [6, 6.07) is 6.38. The molecule has 0 aliphatic rings. The van der Waals surface area contributed by atoms with Gasteiger partial charge in [0.2, 0.25) is 5.82 Å². The van der Waals surface area contributed by atoms with Crippen molar-refractivity contribution in [2.45, 2.75) is 19.3 Å². The fraction of sp³-hybridized carbons (Fsp3) is 0.167. The van der Waals surface area contributed by atoms with Gasteiger partial charge in [0.1, 0.15) is 11.6 Å². The maximum Gasteiger partial charge on any atom is 0.373 e. The Labute approximate surface area is 147 Å². The summed E-state index contributed by atoms with van der Waals surface area (Å²) in [6.07, 6.45) is 2.82. The van der Waals surface area contributed by atoms with Crippen molar-refractivity contribution < 1.29 is 18.7 Å². The molecule has 0 atom stereocenters. The van der Waals surface area contributed by atoms with Crippen molar-refractivity contribution >= 4 is 5.97 Å². The highest BCUT2D eigenvalue weighted by atomic mass is 19.1. The van der Waals surface area contributed by atoms with Crippen LogP contribution in [0.1, 0.15) is 35.9 Å². The largest absolute Gasteiger partial charge is 0.475 e. The minimum absolute atomic E-state index is 0.0676. The summed E-state index contributed by atoms with van der Waals surface area (Å²) in [5.41, 5.74) is 0.217. The molecular formula is C18H14F2N4O2. The molecule has 2 aromatic heterocycles. The molecule has 0 bridgehead atoms. The van der Waals surface area contributed by atoms with Gasteiger partial charge < -0.3 is 5.11 Å². The second-order valence-corrected chi connectivity index (χ2v) is 6.09. The molecule has 0 aliphatic heterocycles. The van der Waals surface area contributed by atoms with Gasteiger partial charge in [-0.05, 0) is 38.1 Å². The fourth-order valence-electron chi connectivity index (χ4n) is 2.45. The molecule has 0 amide bonds. The molecule has 0 radical (unpaired) electrons. The molecule has 2 heterocycles. The summed E-state index contributed by atoms with van der Waals surface area (Å²) in [6.45, 7) is 3.60. The summed E-state index contributed by atoms with van der Waals surface area (Å²) < 4.78 is 27.1. The van der Waals surface area contributed by atoms with Crippen molar-refractivity contribution in [3.63, 3.8) is 0 Å². The Kier molecular flexibility index (Phi) is 4.41. The number of halogens is 2. The van der Waals surface area contributed by atoms with Crippen LogP contribution in [0.2, 0.25) is 0 Å². The van der Waals surface area contributed by atoms with Crippen molar-refractivity contribution in [1.29, 1.82) is 0 Å². The van der Waals surface area contributed by atoms with Crippen LogP contribution in [-0.4, -0.2) is 31.0 Å². The Morgan fingerprint density at radius 3 is 2.31 bits per heavy atom. The van der Waals surface area contributed by atoms with Crippen molar-refractivity contribution in [1.82, 2.24) is 19.9 Å². The van der Waals surface area contributed by atoms with Gasteiger partial charge in [0.25, 0.3) is 0 Å². The van der Waals surface area contributed by atoms with Gasteiger partial charge in [-0.2, -0.15) is 0 Å². The summed E-state index contributed by atoms with van der Waals surface area (Å²) >= 11 is 0. The van der Waals surface area contributed by atoms with E-state index in [1.54, 1.807) is 26.0 Å². The minimum atomic E-state index is -1.24. The lowest BCUT2D eigenvalue weighted by Gasteiger charge is -2.23. The molecule has 0 saturated heterocycles. The van der Waals surface area contributed by atoms with Crippen LogP contribution in [-0.2, 0) is 5.41 Å². The Hall–Kier alpha value is -3.29. The standard InChI is InChI=1S/C18H14F2N4O2/c1-18(2,14-6-8-22-16(24-14)17(25)26)13-5-7-21-15(23-13)11-4-3-10(19)9-12(11)20/h3-9H,1-2H3,(H,25,26). The molecule has 1 aromatic carbocycles. The highest BCUT2D eigenvalue weighted by Crippen LogP contribution is 2.30. The van der Waals surface area contributed by atoms with Gasteiger partial charge in [-0.3, -0.25) is 0 Å². The monoisotopic (exact) mass is 356 g/mol. The van der Waals surface area contributed by atoms with E-state index in [2.05, 4.69) is 19.9 Å². The van der Waals surface area contributed by atoms with Gasteiger partial charge in [0, 0.05) is 23.9 Å². The van der Waals surface area contributed by atoms with Gasteiger partial charge in [0.05, 0.1) is 17.0 Å². The molecule has 0 spiro atoms. The molecule has 8 heteroatoms. The molecule has 3 rings (SSSR count). The topological polar surface area (TPSA) is 88.9 Å². The lowest BCUT2D eigenvalue weighted by Crippen LogP contribution is -2.24. The lowest BCUT2D eigenvalue weighted by atomic mass is 9.85. The Bertz CT molecular complexity index is 992. The number of nitrogens with zero attached hydrogens (tertiary/aromatic N) is 4. The molecule has 6 nitrogen and oxygen atoms in total. The Morgan fingerprint density at radius 2 is 1.65 bits per heavy atom. The first-order chi connectivity index (χ1) is 12.3. The number of carboxylic acids is 1. The first-order valence-electron chi connectivity index (χ1n) is 7.65. The third kappa shape index (κ3) is 3.26. The van der Waals surface area contributed by atoms with E-state index < -0.39 is 23.0 Å². The van der Waals surface area contributed by atoms with E-state index in [0.717, 1.165) is 12.1 Å². The number of aromatic carboxylic acids is 1.